The number of aryl methyl sites for hydroxylation is 1. The number of hydrogen-bond donors (Lipinski definition) is 2. The summed E-state index contributed by atoms with van der Waals surface area (Å²) in [5.41, 5.74) is 6.36. The van der Waals surface area contributed by atoms with Gasteiger partial charge in [0.1, 0.15) is 0 Å². The Balaban J connectivity index is 1.99. The number of halogens is 2. The molecule has 1 aromatic heterocycles. The highest BCUT2D eigenvalue weighted by atomic mass is 35.5. The summed E-state index contributed by atoms with van der Waals surface area (Å²) in [6, 6.07) is 5.90. The molecule has 0 aliphatic carbocycles. The van der Waals surface area contributed by atoms with Gasteiger partial charge in [-0.2, -0.15) is 0 Å². The van der Waals surface area contributed by atoms with E-state index in [9.17, 15) is 9.59 Å². The van der Waals surface area contributed by atoms with Crippen LogP contribution in [0.25, 0.3) is 0 Å². The Hall–Kier alpha value is -1.98. The fraction of sp³-hybridized carbons (Fsp3) is 0.143. The highest BCUT2D eigenvalue weighted by Crippen LogP contribution is 2.32. The van der Waals surface area contributed by atoms with Crippen LogP contribution in [0.15, 0.2) is 41.5 Å². The van der Waals surface area contributed by atoms with E-state index < -0.39 is 0 Å². The summed E-state index contributed by atoms with van der Waals surface area (Å²) in [7, 11) is 0. The first kappa shape index (κ1) is 15.4. The summed E-state index contributed by atoms with van der Waals surface area (Å²) < 4.78 is 1.74. The third kappa shape index (κ3) is 4.24. The van der Waals surface area contributed by atoms with Gasteiger partial charge in [0.2, 0.25) is 5.91 Å². The minimum absolute atomic E-state index is 0.0728. The van der Waals surface area contributed by atoms with E-state index >= 15 is 0 Å². The number of nitrogen functional groups attached to an aromatic ring is 1. The van der Waals surface area contributed by atoms with Crippen LogP contribution >= 0.6 is 23.2 Å². The molecule has 7 heteroatoms. The zero-order chi connectivity index (χ0) is 15.4. The number of anilines is 2. The number of pyridine rings is 1. The molecule has 2 aromatic rings. The Morgan fingerprint density at radius 2 is 1.90 bits per heavy atom. The van der Waals surface area contributed by atoms with Crippen molar-refractivity contribution in [2.24, 2.45) is 0 Å². The molecule has 1 amide bonds. The van der Waals surface area contributed by atoms with E-state index in [1.54, 1.807) is 17.0 Å². The number of hydrogen-bond acceptors (Lipinski definition) is 3. The average Bonchev–Trinajstić information content (AvgIpc) is 2.42. The van der Waals surface area contributed by atoms with Gasteiger partial charge >= 0.3 is 0 Å². The van der Waals surface area contributed by atoms with Crippen LogP contribution in [0.4, 0.5) is 11.4 Å². The number of carbonyl (C=O) groups excluding carboxylic acids is 1. The number of nitrogens with one attached hydrogen (secondary N) is 1. The minimum atomic E-state index is -0.232. The summed E-state index contributed by atoms with van der Waals surface area (Å²) in [6.45, 7) is 0.442. The van der Waals surface area contributed by atoms with E-state index in [4.69, 9.17) is 28.9 Å². The minimum Gasteiger partial charge on any atom is -0.397 e. The molecule has 21 heavy (non-hydrogen) atoms. The third-order valence-electron chi connectivity index (χ3n) is 2.81. The van der Waals surface area contributed by atoms with Crippen LogP contribution in [-0.2, 0) is 11.3 Å². The summed E-state index contributed by atoms with van der Waals surface area (Å²) in [4.78, 5) is 22.9. The largest absolute Gasteiger partial charge is 0.397 e. The monoisotopic (exact) mass is 325 g/mol. The van der Waals surface area contributed by atoms with Crippen LogP contribution in [0.1, 0.15) is 6.42 Å². The van der Waals surface area contributed by atoms with E-state index in [1.165, 1.54) is 24.3 Å². The predicted octanol–water partition coefficient (Wildman–Crippen LogP) is 2.77. The number of amides is 1. The topological polar surface area (TPSA) is 77.1 Å². The van der Waals surface area contributed by atoms with Gasteiger partial charge in [-0.1, -0.05) is 23.2 Å². The second kappa shape index (κ2) is 6.65. The summed E-state index contributed by atoms with van der Waals surface area (Å²) >= 11 is 11.8. The van der Waals surface area contributed by atoms with Gasteiger partial charge in [-0.25, -0.2) is 0 Å². The van der Waals surface area contributed by atoms with Crippen molar-refractivity contribution in [1.82, 2.24) is 4.57 Å². The molecule has 0 spiro atoms. The molecule has 0 bridgehead atoms. The second-order valence-electron chi connectivity index (χ2n) is 4.42. The van der Waals surface area contributed by atoms with Gasteiger partial charge < -0.3 is 15.6 Å². The predicted molar refractivity (Wildman–Crippen MR) is 84.8 cm³/mol. The quantitative estimate of drug-likeness (QED) is 0.848. The van der Waals surface area contributed by atoms with Gasteiger partial charge in [-0.3, -0.25) is 9.59 Å². The highest BCUT2D eigenvalue weighted by Gasteiger charge is 2.10. The van der Waals surface area contributed by atoms with Crippen molar-refractivity contribution in [2.75, 3.05) is 11.1 Å². The van der Waals surface area contributed by atoms with E-state index in [0.717, 1.165) is 0 Å². The van der Waals surface area contributed by atoms with E-state index in [-0.39, 0.29) is 22.8 Å². The summed E-state index contributed by atoms with van der Waals surface area (Å²) in [5.74, 6) is -0.232. The lowest BCUT2D eigenvalue weighted by molar-refractivity contribution is -0.116. The van der Waals surface area contributed by atoms with Gasteiger partial charge in [0.25, 0.3) is 0 Å². The fourth-order valence-corrected chi connectivity index (χ4v) is 2.31. The van der Waals surface area contributed by atoms with Crippen LogP contribution in [0, 0.1) is 0 Å². The van der Waals surface area contributed by atoms with Crippen molar-refractivity contribution in [3.8, 4) is 0 Å². The number of aromatic nitrogens is 1. The smallest absolute Gasteiger partial charge is 0.226 e. The Morgan fingerprint density at radius 1 is 1.24 bits per heavy atom. The standard InChI is InChI=1S/C14H13Cl2N3O2/c15-9-7-11(16)14(12(17)8-9)18-13(21)3-6-19-4-1-10(20)2-5-19/h1-2,4-5,7-8H,3,6,17H2,(H,18,21). The Morgan fingerprint density at radius 3 is 2.52 bits per heavy atom. The molecule has 0 aliphatic heterocycles. The first-order valence-corrected chi connectivity index (χ1v) is 6.92. The van der Waals surface area contributed by atoms with E-state index in [0.29, 0.717) is 22.9 Å². The fourth-order valence-electron chi connectivity index (χ4n) is 1.75. The number of benzene rings is 1. The molecular weight excluding hydrogens is 313 g/mol. The third-order valence-corrected chi connectivity index (χ3v) is 3.32. The van der Waals surface area contributed by atoms with Crippen molar-refractivity contribution < 1.29 is 4.79 Å². The van der Waals surface area contributed by atoms with Crippen LogP contribution in [-0.4, -0.2) is 10.5 Å². The van der Waals surface area contributed by atoms with Crippen molar-refractivity contribution >= 4 is 40.5 Å². The Kier molecular flexibility index (Phi) is 4.88. The molecule has 5 nitrogen and oxygen atoms in total. The number of nitrogens with zero attached hydrogens (tertiary/aromatic N) is 1. The van der Waals surface area contributed by atoms with Gasteiger partial charge in [0.15, 0.2) is 5.43 Å². The van der Waals surface area contributed by atoms with Crippen LogP contribution in [0.5, 0.6) is 0 Å². The maximum absolute atomic E-state index is 11.9. The first-order valence-electron chi connectivity index (χ1n) is 6.16. The molecule has 0 atom stereocenters. The maximum atomic E-state index is 11.9. The molecule has 0 aliphatic rings. The Labute approximate surface area is 131 Å². The number of rotatable bonds is 4. The highest BCUT2D eigenvalue weighted by molar-refractivity contribution is 6.37. The number of carbonyl (C=O) groups is 1. The van der Waals surface area contributed by atoms with E-state index in [1.807, 2.05) is 0 Å². The normalized spacial score (nSPS) is 10.4. The van der Waals surface area contributed by atoms with Crippen LogP contribution in [0.3, 0.4) is 0 Å². The summed E-state index contributed by atoms with van der Waals surface area (Å²) in [6.07, 6.45) is 3.47. The zero-order valence-electron chi connectivity index (χ0n) is 11.0. The van der Waals surface area contributed by atoms with Crippen molar-refractivity contribution in [1.29, 1.82) is 0 Å². The molecular formula is C14H13Cl2N3O2. The van der Waals surface area contributed by atoms with Crippen molar-refractivity contribution in [3.63, 3.8) is 0 Å². The van der Waals surface area contributed by atoms with Gasteiger partial charge in [0.05, 0.1) is 16.4 Å². The van der Waals surface area contributed by atoms with Gasteiger partial charge in [-0.15, -0.1) is 0 Å². The van der Waals surface area contributed by atoms with Crippen LogP contribution < -0.4 is 16.5 Å². The lowest BCUT2D eigenvalue weighted by atomic mass is 10.2. The average molecular weight is 326 g/mol. The molecule has 0 radical (unpaired) electrons. The molecule has 3 N–H and O–H groups in total. The molecule has 1 aromatic carbocycles. The Bertz CT molecular complexity index is 685. The van der Waals surface area contributed by atoms with Crippen molar-refractivity contribution in [3.05, 3.63) is 56.9 Å². The number of nitrogens with two attached hydrogens (primary N) is 1. The lowest BCUT2D eigenvalue weighted by Gasteiger charge is -2.11. The van der Waals surface area contributed by atoms with Gasteiger partial charge in [-0.05, 0) is 12.1 Å². The lowest BCUT2D eigenvalue weighted by Crippen LogP contribution is -2.16. The first-order chi connectivity index (χ1) is 9.95. The molecule has 0 unspecified atom stereocenters. The molecule has 0 fully saturated rings. The second-order valence-corrected chi connectivity index (χ2v) is 5.27. The zero-order valence-corrected chi connectivity index (χ0v) is 12.5. The SMILES string of the molecule is Nc1cc(Cl)cc(Cl)c1NC(=O)CCn1ccc(=O)cc1. The van der Waals surface area contributed by atoms with Gasteiger partial charge in [0, 0.05) is 42.5 Å². The van der Waals surface area contributed by atoms with Crippen molar-refractivity contribution in [2.45, 2.75) is 13.0 Å². The maximum Gasteiger partial charge on any atom is 0.226 e. The van der Waals surface area contributed by atoms with E-state index in [2.05, 4.69) is 5.32 Å². The molecule has 0 saturated heterocycles. The molecule has 2 rings (SSSR count). The summed E-state index contributed by atoms with van der Waals surface area (Å²) in [5, 5.41) is 3.35. The molecule has 1 heterocycles. The molecule has 110 valence electrons. The van der Waals surface area contributed by atoms with Crippen LogP contribution in [0.2, 0.25) is 10.0 Å². The molecule has 0 saturated carbocycles.